The Morgan fingerprint density at radius 2 is 1.50 bits per heavy atom. The molecule has 1 aromatic rings. The van der Waals surface area contributed by atoms with E-state index in [0.29, 0.717) is 5.56 Å². The molecule has 0 saturated carbocycles. The fourth-order valence-corrected chi connectivity index (χ4v) is 3.19. The van der Waals surface area contributed by atoms with E-state index >= 15 is 0 Å². The number of phenols is 1. The second kappa shape index (κ2) is 5.60. The van der Waals surface area contributed by atoms with Gasteiger partial charge in [-0.15, -0.1) is 0 Å². The molecule has 124 valence electrons. The lowest BCUT2D eigenvalue weighted by atomic mass is 9.70. The van der Waals surface area contributed by atoms with Crippen molar-refractivity contribution in [3.63, 3.8) is 0 Å². The van der Waals surface area contributed by atoms with Crippen LogP contribution in [0.1, 0.15) is 83.3 Å². The van der Waals surface area contributed by atoms with Crippen molar-refractivity contribution in [2.45, 2.75) is 72.6 Å². The topological polar surface area (TPSA) is 57.5 Å². The number of aromatic hydroxyl groups is 1. The average molecular weight is 306 g/mol. The van der Waals surface area contributed by atoms with Gasteiger partial charge in [0.1, 0.15) is 11.3 Å². The molecular formula is C19H30O3. The van der Waals surface area contributed by atoms with Crippen LogP contribution in [0.5, 0.6) is 5.75 Å². The van der Waals surface area contributed by atoms with Crippen molar-refractivity contribution >= 4 is 5.97 Å². The molecule has 0 atom stereocenters. The van der Waals surface area contributed by atoms with Gasteiger partial charge in [0.2, 0.25) is 0 Å². The minimum atomic E-state index is -1.09. The fraction of sp³-hybridized carbons (Fsp3) is 0.632. The monoisotopic (exact) mass is 306 g/mol. The summed E-state index contributed by atoms with van der Waals surface area (Å²) in [6, 6.07) is 3.59. The number of hydrogen-bond donors (Lipinski definition) is 2. The Bertz CT molecular complexity index is 570. The lowest BCUT2D eigenvalue weighted by Gasteiger charge is -2.34. The maximum atomic E-state index is 11.5. The van der Waals surface area contributed by atoms with E-state index in [-0.39, 0.29) is 27.6 Å². The summed E-state index contributed by atoms with van der Waals surface area (Å²) in [5, 5.41) is 19.8. The highest BCUT2D eigenvalue weighted by Gasteiger charge is 2.31. The minimum absolute atomic E-state index is 0.00981. The highest BCUT2D eigenvalue weighted by Crippen LogP contribution is 2.41. The molecule has 0 aliphatic heterocycles. The normalized spacial score (nSPS) is 13.3. The highest BCUT2D eigenvalue weighted by molar-refractivity contribution is 5.91. The lowest BCUT2D eigenvalue weighted by molar-refractivity contribution is 0.0693. The van der Waals surface area contributed by atoms with Crippen molar-refractivity contribution in [3.8, 4) is 5.75 Å². The van der Waals surface area contributed by atoms with Crippen LogP contribution in [-0.4, -0.2) is 16.2 Å². The third-order valence-corrected chi connectivity index (χ3v) is 3.90. The molecule has 1 rings (SSSR count). The van der Waals surface area contributed by atoms with Gasteiger partial charge in [0.25, 0.3) is 0 Å². The van der Waals surface area contributed by atoms with E-state index in [4.69, 9.17) is 0 Å². The molecule has 0 radical (unpaired) electrons. The van der Waals surface area contributed by atoms with E-state index in [0.717, 1.165) is 12.0 Å². The first-order chi connectivity index (χ1) is 9.65. The molecule has 1 aromatic carbocycles. The average Bonchev–Trinajstić information content (AvgIpc) is 2.23. The van der Waals surface area contributed by atoms with Crippen LogP contribution in [0.2, 0.25) is 0 Å². The predicted molar refractivity (Wildman–Crippen MR) is 90.9 cm³/mol. The SMILES string of the molecule is CC(C)(C)CC(C)(C)c1cc(C(=O)O)c(O)c(C(C)(C)C)c1. The number of hydrogen-bond acceptors (Lipinski definition) is 2. The summed E-state index contributed by atoms with van der Waals surface area (Å²) in [6.07, 6.45) is 0.924. The second-order valence-corrected chi connectivity index (χ2v) is 9.10. The molecule has 0 saturated heterocycles. The van der Waals surface area contributed by atoms with Crippen LogP contribution < -0.4 is 0 Å². The van der Waals surface area contributed by atoms with Crippen LogP contribution in [0.25, 0.3) is 0 Å². The van der Waals surface area contributed by atoms with Gasteiger partial charge >= 0.3 is 5.97 Å². The molecule has 3 heteroatoms. The zero-order chi connectivity index (χ0) is 17.5. The first-order valence-corrected chi connectivity index (χ1v) is 7.76. The van der Waals surface area contributed by atoms with Gasteiger partial charge in [-0.1, -0.05) is 61.5 Å². The molecule has 0 fully saturated rings. The summed E-state index contributed by atoms with van der Waals surface area (Å²) in [5.41, 5.74) is 1.28. The third-order valence-electron chi connectivity index (χ3n) is 3.90. The van der Waals surface area contributed by atoms with Crippen molar-refractivity contribution < 1.29 is 15.0 Å². The number of benzene rings is 1. The Morgan fingerprint density at radius 1 is 1.00 bits per heavy atom. The summed E-state index contributed by atoms with van der Waals surface area (Å²) in [5.74, 6) is -1.20. The zero-order valence-corrected chi connectivity index (χ0v) is 15.2. The molecule has 0 spiro atoms. The van der Waals surface area contributed by atoms with Crippen molar-refractivity contribution in [1.82, 2.24) is 0 Å². The van der Waals surface area contributed by atoms with Crippen molar-refractivity contribution in [2.75, 3.05) is 0 Å². The Kier molecular flexibility index (Phi) is 4.72. The minimum Gasteiger partial charge on any atom is -0.507 e. The molecule has 0 amide bonds. The van der Waals surface area contributed by atoms with Crippen LogP contribution in [-0.2, 0) is 10.8 Å². The van der Waals surface area contributed by atoms with Gasteiger partial charge < -0.3 is 10.2 Å². The molecule has 2 N–H and O–H groups in total. The van der Waals surface area contributed by atoms with Crippen molar-refractivity contribution in [3.05, 3.63) is 28.8 Å². The Balaban J connectivity index is 3.56. The van der Waals surface area contributed by atoms with Gasteiger partial charge in [-0.05, 0) is 34.3 Å². The van der Waals surface area contributed by atoms with Crippen molar-refractivity contribution in [1.29, 1.82) is 0 Å². The Morgan fingerprint density at radius 3 is 1.86 bits per heavy atom. The standard InChI is InChI=1S/C19H30O3/c1-17(2,3)11-19(7,8)12-9-13(16(21)22)15(20)14(10-12)18(4,5)6/h9-10,20H,11H2,1-8H3,(H,21,22). The van der Waals surface area contributed by atoms with Gasteiger partial charge in [-0.3, -0.25) is 0 Å². The smallest absolute Gasteiger partial charge is 0.339 e. The maximum Gasteiger partial charge on any atom is 0.339 e. The zero-order valence-electron chi connectivity index (χ0n) is 15.2. The number of carbonyl (C=O) groups is 1. The first-order valence-electron chi connectivity index (χ1n) is 7.76. The summed E-state index contributed by atoms with van der Waals surface area (Å²) < 4.78 is 0. The number of rotatable bonds is 3. The quantitative estimate of drug-likeness (QED) is 0.816. The summed E-state index contributed by atoms with van der Waals surface area (Å²) in [4.78, 5) is 11.5. The van der Waals surface area contributed by atoms with Crippen LogP contribution in [0.4, 0.5) is 0 Å². The van der Waals surface area contributed by atoms with Crippen LogP contribution in [0.3, 0.4) is 0 Å². The van der Waals surface area contributed by atoms with Gasteiger partial charge in [0.15, 0.2) is 0 Å². The van der Waals surface area contributed by atoms with Gasteiger partial charge in [0, 0.05) is 5.56 Å². The molecule has 0 bridgehead atoms. The van der Waals surface area contributed by atoms with Crippen LogP contribution in [0, 0.1) is 5.41 Å². The molecule has 0 aliphatic carbocycles. The summed E-state index contributed by atoms with van der Waals surface area (Å²) in [6.45, 7) is 16.7. The van der Waals surface area contributed by atoms with E-state index in [1.807, 2.05) is 26.8 Å². The molecule has 0 unspecified atom stereocenters. The maximum absolute atomic E-state index is 11.5. The molecule has 3 nitrogen and oxygen atoms in total. The first kappa shape index (κ1) is 18.5. The largest absolute Gasteiger partial charge is 0.507 e. The van der Waals surface area contributed by atoms with E-state index in [9.17, 15) is 15.0 Å². The van der Waals surface area contributed by atoms with Gasteiger partial charge in [-0.2, -0.15) is 0 Å². The fourth-order valence-electron chi connectivity index (χ4n) is 3.19. The number of aromatic carboxylic acids is 1. The molecule has 0 heterocycles. The summed E-state index contributed by atoms with van der Waals surface area (Å²) >= 11 is 0. The molecule has 22 heavy (non-hydrogen) atoms. The summed E-state index contributed by atoms with van der Waals surface area (Å²) in [7, 11) is 0. The van der Waals surface area contributed by atoms with E-state index < -0.39 is 5.97 Å². The van der Waals surface area contributed by atoms with E-state index in [1.165, 1.54) is 0 Å². The molecule has 0 aromatic heterocycles. The second-order valence-electron chi connectivity index (χ2n) is 9.10. The number of carboxylic acids is 1. The van der Waals surface area contributed by atoms with Crippen LogP contribution in [0.15, 0.2) is 12.1 Å². The number of carboxylic acid groups (broad SMARTS) is 1. The lowest BCUT2D eigenvalue weighted by Crippen LogP contribution is -2.26. The van der Waals surface area contributed by atoms with Crippen LogP contribution >= 0.6 is 0 Å². The Hall–Kier alpha value is -1.51. The van der Waals surface area contributed by atoms with Gasteiger partial charge in [0.05, 0.1) is 0 Å². The van der Waals surface area contributed by atoms with Crippen molar-refractivity contribution in [2.24, 2.45) is 5.41 Å². The predicted octanol–water partition coefficient (Wildman–Crippen LogP) is 5.10. The molecular weight excluding hydrogens is 276 g/mol. The van der Waals surface area contributed by atoms with E-state index in [1.54, 1.807) is 6.07 Å². The van der Waals surface area contributed by atoms with E-state index in [2.05, 4.69) is 34.6 Å². The Labute approximate surface area is 134 Å². The molecule has 0 aliphatic rings. The highest BCUT2D eigenvalue weighted by atomic mass is 16.4. The third kappa shape index (κ3) is 4.25. The van der Waals surface area contributed by atoms with Gasteiger partial charge in [-0.25, -0.2) is 4.79 Å².